The van der Waals surface area contributed by atoms with Crippen LogP contribution < -0.4 is 4.90 Å². The molecule has 11 aromatic rings. The summed E-state index contributed by atoms with van der Waals surface area (Å²) < 4.78 is 4.99. The molecule has 2 nitrogen and oxygen atoms in total. The standard InChI is InChI=1S/C48H30N2S/c1-2-12-33(13-3-1)50-44-18-8-6-15-40(44)41-28-24-35(30-46(41)50)49(45-19-10-17-43-42-16-7-9-20-47(42)51-48(43)45)34-23-27-37-32(29-34)22-26-38-36-14-5-4-11-31(36)21-25-39(37)38/h1-30H. The first-order chi connectivity index (χ1) is 25.3. The average Bonchev–Trinajstić information content (AvgIpc) is 3.74. The molecule has 51 heavy (non-hydrogen) atoms. The van der Waals surface area contributed by atoms with Gasteiger partial charge in [-0.25, -0.2) is 0 Å². The van der Waals surface area contributed by atoms with Crippen LogP contribution in [-0.4, -0.2) is 4.57 Å². The highest BCUT2D eigenvalue weighted by Crippen LogP contribution is 2.46. The Kier molecular flexibility index (Phi) is 6.16. The second kappa shape index (κ2) is 11.0. The van der Waals surface area contributed by atoms with E-state index in [1.165, 1.54) is 80.0 Å². The molecule has 2 aromatic heterocycles. The molecule has 0 aliphatic carbocycles. The summed E-state index contributed by atoms with van der Waals surface area (Å²) in [6, 6.07) is 66.8. The monoisotopic (exact) mass is 666 g/mol. The predicted molar refractivity (Wildman–Crippen MR) is 221 cm³/mol. The number of aromatic nitrogens is 1. The van der Waals surface area contributed by atoms with E-state index in [1.54, 1.807) is 0 Å². The molecular weight excluding hydrogens is 637 g/mol. The molecule has 0 radical (unpaired) electrons. The van der Waals surface area contributed by atoms with Gasteiger partial charge in [0.05, 0.1) is 21.4 Å². The van der Waals surface area contributed by atoms with Gasteiger partial charge in [-0.2, -0.15) is 0 Å². The van der Waals surface area contributed by atoms with Crippen molar-refractivity contribution in [3.05, 3.63) is 182 Å². The summed E-state index contributed by atoms with van der Waals surface area (Å²) in [7, 11) is 0. The van der Waals surface area contributed by atoms with Crippen molar-refractivity contribution in [2.24, 2.45) is 0 Å². The van der Waals surface area contributed by atoms with Gasteiger partial charge in [-0.1, -0.05) is 127 Å². The fourth-order valence-corrected chi connectivity index (χ4v) is 9.45. The van der Waals surface area contributed by atoms with Gasteiger partial charge in [0.2, 0.25) is 0 Å². The smallest absolute Gasteiger partial charge is 0.0640 e. The summed E-state index contributed by atoms with van der Waals surface area (Å²) in [6.07, 6.45) is 0. The van der Waals surface area contributed by atoms with Gasteiger partial charge in [0, 0.05) is 43.3 Å². The second-order valence-electron chi connectivity index (χ2n) is 13.3. The normalized spacial score (nSPS) is 11.9. The summed E-state index contributed by atoms with van der Waals surface area (Å²) in [6.45, 7) is 0. The molecule has 0 unspecified atom stereocenters. The van der Waals surface area contributed by atoms with Crippen LogP contribution in [0.5, 0.6) is 0 Å². The number of hydrogen-bond acceptors (Lipinski definition) is 2. The zero-order valence-electron chi connectivity index (χ0n) is 27.6. The number of fused-ring (bicyclic) bond motifs is 11. The Balaban J connectivity index is 1.19. The van der Waals surface area contributed by atoms with Crippen LogP contribution in [-0.2, 0) is 0 Å². The Hall–Kier alpha value is -6.42. The third kappa shape index (κ3) is 4.29. The molecule has 0 bridgehead atoms. The molecule has 238 valence electrons. The molecule has 0 aliphatic heterocycles. The lowest BCUT2D eigenvalue weighted by molar-refractivity contribution is 1.18. The number of anilines is 3. The predicted octanol–water partition coefficient (Wildman–Crippen LogP) is 14.1. The third-order valence-corrected chi connectivity index (χ3v) is 11.7. The summed E-state index contributed by atoms with van der Waals surface area (Å²) in [5, 5.41) is 12.7. The van der Waals surface area contributed by atoms with Gasteiger partial charge < -0.3 is 9.47 Å². The highest BCUT2D eigenvalue weighted by atomic mass is 32.1. The van der Waals surface area contributed by atoms with Crippen LogP contribution in [0.25, 0.3) is 80.0 Å². The molecule has 2 heterocycles. The summed E-state index contributed by atoms with van der Waals surface area (Å²) in [5.74, 6) is 0. The number of thiophene rings is 1. The molecule has 3 heteroatoms. The first kappa shape index (κ1) is 28.4. The Labute approximate surface area is 298 Å². The van der Waals surface area contributed by atoms with Crippen LogP contribution in [0.15, 0.2) is 182 Å². The molecular formula is C48H30N2S. The van der Waals surface area contributed by atoms with E-state index in [4.69, 9.17) is 0 Å². The van der Waals surface area contributed by atoms with Crippen molar-refractivity contribution in [1.82, 2.24) is 4.57 Å². The summed E-state index contributed by atoms with van der Waals surface area (Å²) >= 11 is 1.87. The van der Waals surface area contributed by atoms with E-state index < -0.39 is 0 Å². The van der Waals surface area contributed by atoms with Crippen molar-refractivity contribution in [1.29, 1.82) is 0 Å². The topological polar surface area (TPSA) is 8.17 Å². The summed E-state index contributed by atoms with van der Waals surface area (Å²) in [4.78, 5) is 2.47. The van der Waals surface area contributed by atoms with E-state index >= 15 is 0 Å². The maximum absolute atomic E-state index is 2.47. The largest absolute Gasteiger partial charge is 0.309 e. The lowest BCUT2D eigenvalue weighted by atomic mass is 9.96. The van der Waals surface area contributed by atoms with Crippen LogP contribution in [0, 0.1) is 0 Å². The van der Waals surface area contributed by atoms with Gasteiger partial charge in [-0.3, -0.25) is 0 Å². The number of benzene rings is 9. The van der Waals surface area contributed by atoms with Gasteiger partial charge >= 0.3 is 0 Å². The Morgan fingerprint density at radius 2 is 0.980 bits per heavy atom. The van der Waals surface area contributed by atoms with Crippen LogP contribution >= 0.6 is 11.3 Å². The Morgan fingerprint density at radius 3 is 1.84 bits per heavy atom. The van der Waals surface area contributed by atoms with Gasteiger partial charge in [0.1, 0.15) is 0 Å². The quantitative estimate of drug-likeness (QED) is 0.170. The average molecular weight is 667 g/mol. The van der Waals surface area contributed by atoms with Gasteiger partial charge in [-0.05, 0) is 86.9 Å². The number of hydrogen-bond donors (Lipinski definition) is 0. The Morgan fingerprint density at radius 1 is 0.373 bits per heavy atom. The minimum Gasteiger partial charge on any atom is -0.309 e. The fourth-order valence-electron chi connectivity index (χ4n) is 8.24. The molecule has 0 N–H and O–H groups in total. The number of rotatable bonds is 4. The molecule has 0 saturated heterocycles. The van der Waals surface area contributed by atoms with Crippen LogP contribution in [0.3, 0.4) is 0 Å². The highest BCUT2D eigenvalue weighted by molar-refractivity contribution is 7.26. The van der Waals surface area contributed by atoms with Crippen LogP contribution in [0.4, 0.5) is 17.1 Å². The van der Waals surface area contributed by atoms with Gasteiger partial charge in [0.25, 0.3) is 0 Å². The van der Waals surface area contributed by atoms with Crippen LogP contribution in [0.2, 0.25) is 0 Å². The molecule has 0 saturated carbocycles. The van der Waals surface area contributed by atoms with E-state index in [9.17, 15) is 0 Å². The van der Waals surface area contributed by atoms with E-state index in [2.05, 4.69) is 191 Å². The summed E-state index contributed by atoms with van der Waals surface area (Å²) in [5.41, 5.74) is 6.99. The lowest BCUT2D eigenvalue weighted by Gasteiger charge is -2.27. The first-order valence-electron chi connectivity index (χ1n) is 17.4. The molecule has 0 amide bonds. The SMILES string of the molecule is c1ccc(-n2c3ccccc3c3ccc(N(c4ccc5c(ccc6c7ccccc7ccc56)c4)c4cccc5c4sc4ccccc45)cc32)cc1. The maximum atomic E-state index is 2.47. The van der Waals surface area contributed by atoms with Crippen molar-refractivity contribution >= 4 is 103 Å². The molecule has 0 fully saturated rings. The van der Waals surface area contributed by atoms with Crippen molar-refractivity contribution in [2.75, 3.05) is 4.90 Å². The maximum Gasteiger partial charge on any atom is 0.0640 e. The number of para-hydroxylation sites is 2. The fraction of sp³-hybridized carbons (Fsp3) is 0. The zero-order chi connectivity index (χ0) is 33.5. The molecule has 0 spiro atoms. The van der Waals surface area contributed by atoms with E-state index in [0.717, 1.165) is 17.1 Å². The van der Waals surface area contributed by atoms with Crippen molar-refractivity contribution in [3.8, 4) is 5.69 Å². The molecule has 11 rings (SSSR count). The third-order valence-electron chi connectivity index (χ3n) is 10.5. The minimum absolute atomic E-state index is 1.12. The van der Waals surface area contributed by atoms with E-state index in [1.807, 2.05) is 11.3 Å². The first-order valence-corrected chi connectivity index (χ1v) is 18.3. The van der Waals surface area contributed by atoms with Crippen molar-refractivity contribution in [2.45, 2.75) is 0 Å². The molecule has 0 atom stereocenters. The minimum atomic E-state index is 1.12. The molecule has 9 aromatic carbocycles. The second-order valence-corrected chi connectivity index (χ2v) is 14.4. The Bertz CT molecular complexity index is 3150. The van der Waals surface area contributed by atoms with Crippen LogP contribution in [0.1, 0.15) is 0 Å². The zero-order valence-corrected chi connectivity index (χ0v) is 28.4. The van der Waals surface area contributed by atoms with Crippen molar-refractivity contribution < 1.29 is 0 Å². The highest BCUT2D eigenvalue weighted by Gasteiger charge is 2.21. The molecule has 0 aliphatic rings. The van der Waals surface area contributed by atoms with E-state index in [-0.39, 0.29) is 0 Å². The van der Waals surface area contributed by atoms with Crippen molar-refractivity contribution in [3.63, 3.8) is 0 Å². The van der Waals surface area contributed by atoms with Gasteiger partial charge in [0.15, 0.2) is 0 Å². The lowest BCUT2D eigenvalue weighted by Crippen LogP contribution is -2.10. The van der Waals surface area contributed by atoms with Gasteiger partial charge in [-0.15, -0.1) is 11.3 Å². The van der Waals surface area contributed by atoms with E-state index in [0.29, 0.717) is 0 Å². The number of nitrogens with zero attached hydrogens (tertiary/aromatic N) is 2.